The highest BCUT2D eigenvalue weighted by atomic mass is 16.5. The van der Waals surface area contributed by atoms with Crippen LogP contribution in [0.2, 0.25) is 0 Å². The minimum Gasteiger partial charge on any atom is -0.457 e. The molecule has 1 aliphatic heterocycles. The van der Waals surface area contributed by atoms with Crippen LogP contribution >= 0.6 is 0 Å². The molecule has 1 heterocycles. The first-order chi connectivity index (χ1) is 27.3. The first kappa shape index (κ1) is 31.4. The predicted molar refractivity (Wildman–Crippen MR) is 227 cm³/mol. The lowest BCUT2D eigenvalue weighted by Crippen LogP contribution is -2.32. The Morgan fingerprint density at radius 3 is 1.67 bits per heavy atom. The molecule has 1 aliphatic carbocycles. The Labute approximate surface area is 321 Å². The zero-order valence-corrected chi connectivity index (χ0v) is 30.1. The number of rotatable bonds is 5. The van der Waals surface area contributed by atoms with Crippen LogP contribution in [0.15, 0.2) is 212 Å². The summed E-state index contributed by atoms with van der Waals surface area (Å²) in [7, 11) is 0. The van der Waals surface area contributed by atoms with E-state index in [0.717, 1.165) is 39.7 Å². The van der Waals surface area contributed by atoms with Crippen LogP contribution < -0.4 is 9.64 Å². The van der Waals surface area contributed by atoms with Gasteiger partial charge in [-0.2, -0.15) is 0 Å². The third-order valence-electron chi connectivity index (χ3n) is 11.5. The first-order valence-corrected chi connectivity index (χ1v) is 18.9. The maximum Gasteiger partial charge on any atom is 0.132 e. The Bertz CT molecular complexity index is 2850. The quantitative estimate of drug-likeness (QED) is 0.177. The number of fused-ring (bicyclic) bond motifs is 11. The lowest BCUT2D eigenvalue weighted by molar-refractivity contribution is 0.437. The molecule has 11 rings (SSSR count). The average molecular weight is 702 g/mol. The van der Waals surface area contributed by atoms with Crippen molar-refractivity contribution in [1.29, 1.82) is 0 Å². The molecule has 0 saturated heterocycles. The van der Waals surface area contributed by atoms with Crippen LogP contribution in [-0.2, 0) is 5.41 Å². The predicted octanol–water partition coefficient (Wildman–Crippen LogP) is 14.1. The van der Waals surface area contributed by atoms with Crippen molar-refractivity contribution in [1.82, 2.24) is 0 Å². The number of nitrogens with zero attached hydrogens (tertiary/aromatic N) is 1. The highest BCUT2D eigenvalue weighted by Crippen LogP contribution is 2.64. The van der Waals surface area contributed by atoms with Crippen molar-refractivity contribution in [2.75, 3.05) is 4.90 Å². The minimum absolute atomic E-state index is 0.616. The highest BCUT2D eigenvalue weighted by molar-refractivity contribution is 6.02. The molecular weight excluding hydrogens is 667 g/mol. The van der Waals surface area contributed by atoms with Gasteiger partial charge in [0.15, 0.2) is 0 Å². The molecule has 9 aromatic rings. The Balaban J connectivity index is 1.21. The SMILES string of the molecule is c1ccc(-c2ccc(N(c3ccc4c(c3)C3(c5ccccc5Oc5ccccc53)c3c-4ccc4ccccc34)c3ccccc3-c3ccccc3)cc2)cc1. The summed E-state index contributed by atoms with van der Waals surface area (Å²) in [4.78, 5) is 2.43. The van der Waals surface area contributed by atoms with Crippen LogP contribution in [0, 0.1) is 0 Å². The van der Waals surface area contributed by atoms with Crippen molar-refractivity contribution in [2.24, 2.45) is 0 Å². The van der Waals surface area contributed by atoms with E-state index >= 15 is 0 Å². The van der Waals surface area contributed by atoms with Gasteiger partial charge >= 0.3 is 0 Å². The van der Waals surface area contributed by atoms with E-state index in [-0.39, 0.29) is 0 Å². The van der Waals surface area contributed by atoms with E-state index in [2.05, 4.69) is 217 Å². The van der Waals surface area contributed by atoms with Gasteiger partial charge in [-0.15, -0.1) is 0 Å². The molecule has 2 heteroatoms. The molecule has 0 fully saturated rings. The maximum absolute atomic E-state index is 6.72. The maximum atomic E-state index is 6.72. The van der Waals surface area contributed by atoms with E-state index in [1.54, 1.807) is 0 Å². The van der Waals surface area contributed by atoms with Gasteiger partial charge in [0.2, 0.25) is 0 Å². The number of hydrogen-bond acceptors (Lipinski definition) is 2. The zero-order chi connectivity index (χ0) is 36.3. The van der Waals surface area contributed by atoms with Crippen molar-refractivity contribution in [3.63, 3.8) is 0 Å². The summed E-state index contributed by atoms with van der Waals surface area (Å²) in [6.45, 7) is 0. The second-order valence-electron chi connectivity index (χ2n) is 14.4. The van der Waals surface area contributed by atoms with Crippen molar-refractivity contribution in [2.45, 2.75) is 5.41 Å². The van der Waals surface area contributed by atoms with Crippen molar-refractivity contribution < 1.29 is 4.74 Å². The van der Waals surface area contributed by atoms with Gasteiger partial charge in [-0.1, -0.05) is 170 Å². The molecule has 0 aromatic heterocycles. The lowest BCUT2D eigenvalue weighted by Gasteiger charge is -2.40. The largest absolute Gasteiger partial charge is 0.457 e. The summed E-state index contributed by atoms with van der Waals surface area (Å²) in [5.74, 6) is 1.78. The summed E-state index contributed by atoms with van der Waals surface area (Å²) in [5, 5.41) is 2.49. The third-order valence-corrected chi connectivity index (χ3v) is 11.5. The Morgan fingerprint density at radius 1 is 0.364 bits per heavy atom. The standard InChI is InChI=1S/C53H35NO/c1-3-15-36(16-4-1)37-27-30-40(31-28-37)54(49-24-12-9-20-42(49)38-17-5-2-6-18-38)41-32-34-44-45-33-29-39-19-7-8-21-43(39)52(45)53(48(44)35-41)46-22-10-13-25-50(46)55-51-26-14-11-23-47(51)53/h1-35H. The van der Waals surface area contributed by atoms with E-state index < -0.39 is 5.41 Å². The molecule has 0 unspecified atom stereocenters. The molecule has 9 aromatic carbocycles. The molecule has 55 heavy (non-hydrogen) atoms. The van der Waals surface area contributed by atoms with Gasteiger partial charge in [0.1, 0.15) is 11.5 Å². The van der Waals surface area contributed by atoms with Crippen LogP contribution in [-0.4, -0.2) is 0 Å². The molecule has 2 aliphatic rings. The van der Waals surface area contributed by atoms with Crippen molar-refractivity contribution in [3.05, 3.63) is 235 Å². The fourth-order valence-electron chi connectivity index (χ4n) is 9.20. The van der Waals surface area contributed by atoms with Gasteiger partial charge in [0.05, 0.1) is 11.1 Å². The fraction of sp³-hybridized carbons (Fsp3) is 0.0189. The summed E-state index contributed by atoms with van der Waals surface area (Å²) in [6, 6.07) is 76.9. The normalized spacial score (nSPS) is 13.0. The molecule has 0 N–H and O–H groups in total. The van der Waals surface area contributed by atoms with E-state index in [1.165, 1.54) is 55.3 Å². The molecule has 258 valence electrons. The lowest BCUT2D eigenvalue weighted by atomic mass is 9.65. The molecule has 0 saturated carbocycles. The number of ether oxygens (including phenoxy) is 1. The van der Waals surface area contributed by atoms with Crippen LogP contribution in [0.3, 0.4) is 0 Å². The smallest absolute Gasteiger partial charge is 0.132 e. The fourth-order valence-corrected chi connectivity index (χ4v) is 9.20. The summed E-state index contributed by atoms with van der Waals surface area (Å²) < 4.78 is 6.72. The number of para-hydroxylation sites is 3. The Kier molecular flexibility index (Phi) is 7.11. The summed E-state index contributed by atoms with van der Waals surface area (Å²) in [5.41, 5.74) is 14.8. The second kappa shape index (κ2) is 12.5. The van der Waals surface area contributed by atoms with Crippen LogP contribution in [0.4, 0.5) is 17.1 Å². The monoisotopic (exact) mass is 701 g/mol. The van der Waals surface area contributed by atoms with Crippen LogP contribution in [0.5, 0.6) is 11.5 Å². The van der Waals surface area contributed by atoms with Gasteiger partial charge < -0.3 is 9.64 Å². The zero-order valence-electron chi connectivity index (χ0n) is 30.1. The van der Waals surface area contributed by atoms with Crippen molar-refractivity contribution >= 4 is 27.8 Å². The molecule has 0 bridgehead atoms. The summed E-state index contributed by atoms with van der Waals surface area (Å²) >= 11 is 0. The van der Waals surface area contributed by atoms with E-state index in [1.807, 2.05) is 0 Å². The van der Waals surface area contributed by atoms with Gasteiger partial charge in [-0.05, 0) is 92.2 Å². The van der Waals surface area contributed by atoms with E-state index in [0.29, 0.717) is 0 Å². The number of hydrogen-bond donors (Lipinski definition) is 0. The highest BCUT2D eigenvalue weighted by Gasteiger charge is 2.52. The molecule has 0 radical (unpaired) electrons. The first-order valence-electron chi connectivity index (χ1n) is 18.9. The minimum atomic E-state index is -0.616. The summed E-state index contributed by atoms with van der Waals surface area (Å²) in [6.07, 6.45) is 0. The van der Waals surface area contributed by atoms with Gasteiger partial charge in [-0.25, -0.2) is 0 Å². The van der Waals surface area contributed by atoms with Crippen LogP contribution in [0.25, 0.3) is 44.2 Å². The molecule has 0 atom stereocenters. The Morgan fingerprint density at radius 2 is 0.927 bits per heavy atom. The molecule has 0 amide bonds. The van der Waals surface area contributed by atoms with Crippen molar-refractivity contribution in [3.8, 4) is 44.9 Å². The average Bonchev–Trinajstić information content (AvgIpc) is 3.55. The molecule has 1 spiro atoms. The van der Waals surface area contributed by atoms with Gasteiger partial charge in [-0.3, -0.25) is 0 Å². The van der Waals surface area contributed by atoms with E-state index in [9.17, 15) is 0 Å². The van der Waals surface area contributed by atoms with E-state index in [4.69, 9.17) is 4.74 Å². The molecule has 2 nitrogen and oxygen atoms in total. The van der Waals surface area contributed by atoms with Crippen LogP contribution in [0.1, 0.15) is 22.3 Å². The third kappa shape index (κ3) is 4.75. The number of benzene rings is 9. The Hall–Kier alpha value is -7.16. The van der Waals surface area contributed by atoms with Gasteiger partial charge in [0.25, 0.3) is 0 Å². The topological polar surface area (TPSA) is 12.5 Å². The molecular formula is C53H35NO. The van der Waals surface area contributed by atoms with Gasteiger partial charge in [0, 0.05) is 28.1 Å². The number of anilines is 3. The second-order valence-corrected chi connectivity index (χ2v) is 14.4.